The zero-order valence-electron chi connectivity index (χ0n) is 25.7. The fourth-order valence-corrected chi connectivity index (χ4v) is 5.59. The first-order chi connectivity index (χ1) is 21.7. The lowest BCUT2D eigenvalue weighted by Crippen LogP contribution is -2.42. The summed E-state index contributed by atoms with van der Waals surface area (Å²) in [6.45, 7) is 3.66. The molecule has 0 amide bonds. The molecule has 0 bridgehead atoms. The molecule has 240 valence electrons. The number of hydrogen-bond acceptors (Lipinski definition) is 10. The van der Waals surface area contributed by atoms with Gasteiger partial charge in [0.2, 0.25) is 5.95 Å². The second-order valence-electron chi connectivity index (χ2n) is 10.3. The first-order valence-corrected chi connectivity index (χ1v) is 15.9. The van der Waals surface area contributed by atoms with Crippen molar-refractivity contribution in [3.05, 3.63) is 82.9 Å². The molecule has 0 radical (unpaired) electrons. The van der Waals surface area contributed by atoms with Gasteiger partial charge in [0.1, 0.15) is 25.1 Å². The number of carbonyl (C=O) groups is 1. The highest BCUT2D eigenvalue weighted by atomic mass is 31.2. The van der Waals surface area contributed by atoms with Crippen molar-refractivity contribution in [1.82, 2.24) is 29.5 Å². The van der Waals surface area contributed by atoms with Crippen LogP contribution in [0.5, 0.6) is 5.75 Å². The van der Waals surface area contributed by atoms with Gasteiger partial charge in [-0.3, -0.25) is 23.7 Å². The van der Waals surface area contributed by atoms with Crippen LogP contribution in [0, 0.1) is 5.92 Å². The number of ether oxygens (including phenoxy) is 2. The van der Waals surface area contributed by atoms with Gasteiger partial charge in [-0.1, -0.05) is 68.8 Å². The molecular formula is C30H38N7O7P. The summed E-state index contributed by atoms with van der Waals surface area (Å²) in [4.78, 5) is 42.5. The van der Waals surface area contributed by atoms with E-state index in [1.807, 2.05) is 44.2 Å². The van der Waals surface area contributed by atoms with Crippen molar-refractivity contribution in [3.8, 4) is 5.75 Å². The standard InChI is InChI=1S/C30H38N7O7P/c1-5-22(2)25(29(39)42-18-23-12-8-6-9-13-23)35-45(40,44-24-14-10-7-11-15-24)43-17-16-41-21-37-20-31-26-27(37)33-30(34-28(26)38)32-19-36(3)4/h6-15,19-20,22,25H,5,16-18,21H2,1-4H3,(H,35,40)(H,33,34,38)/b32-19+/t22-,25-,45?/m0/s1. The Morgan fingerprint density at radius 3 is 2.53 bits per heavy atom. The Kier molecular flexibility index (Phi) is 12.0. The Labute approximate surface area is 261 Å². The molecule has 0 saturated heterocycles. The third-order valence-corrected chi connectivity index (χ3v) is 8.12. The molecule has 15 heteroatoms. The van der Waals surface area contributed by atoms with Crippen LogP contribution in [0.3, 0.4) is 0 Å². The molecule has 0 aliphatic carbocycles. The van der Waals surface area contributed by atoms with E-state index in [1.54, 1.807) is 53.9 Å². The number of aliphatic imine (C=N–C) groups is 1. The first-order valence-electron chi connectivity index (χ1n) is 14.4. The van der Waals surface area contributed by atoms with Crippen LogP contribution in [0.25, 0.3) is 11.2 Å². The van der Waals surface area contributed by atoms with Gasteiger partial charge in [-0.05, 0) is 23.6 Å². The second-order valence-corrected chi connectivity index (χ2v) is 12.0. The highest BCUT2D eigenvalue weighted by molar-refractivity contribution is 7.52. The number of fused-ring (bicyclic) bond motifs is 1. The van der Waals surface area contributed by atoms with E-state index >= 15 is 0 Å². The van der Waals surface area contributed by atoms with E-state index in [9.17, 15) is 14.2 Å². The van der Waals surface area contributed by atoms with Crippen LogP contribution < -0.4 is 15.2 Å². The summed E-state index contributed by atoms with van der Waals surface area (Å²) in [5, 5.41) is 2.83. The van der Waals surface area contributed by atoms with E-state index in [0.29, 0.717) is 12.2 Å². The minimum atomic E-state index is -4.11. The fraction of sp³-hybridized carbons (Fsp3) is 0.367. The van der Waals surface area contributed by atoms with E-state index in [2.05, 4.69) is 25.0 Å². The first kappa shape index (κ1) is 33.5. The minimum Gasteiger partial charge on any atom is -0.460 e. The molecule has 4 rings (SSSR count). The molecule has 4 aromatic rings. The number of aromatic amines is 1. The molecule has 2 N–H and O–H groups in total. The van der Waals surface area contributed by atoms with Crippen molar-refractivity contribution in [2.24, 2.45) is 10.9 Å². The number of para-hydroxylation sites is 1. The van der Waals surface area contributed by atoms with E-state index < -0.39 is 25.3 Å². The Hall–Kier alpha value is -4.36. The van der Waals surface area contributed by atoms with Gasteiger partial charge in [-0.15, -0.1) is 0 Å². The molecule has 2 aromatic carbocycles. The van der Waals surface area contributed by atoms with Gasteiger partial charge in [0, 0.05) is 14.1 Å². The highest BCUT2D eigenvalue weighted by Crippen LogP contribution is 2.45. The number of esters is 1. The number of rotatable bonds is 17. The number of nitrogens with zero attached hydrogens (tertiary/aromatic N) is 5. The van der Waals surface area contributed by atoms with E-state index in [0.717, 1.165) is 5.56 Å². The van der Waals surface area contributed by atoms with Gasteiger partial charge in [-0.2, -0.15) is 10.1 Å². The molecule has 1 unspecified atom stereocenters. The van der Waals surface area contributed by atoms with Gasteiger partial charge < -0.3 is 18.9 Å². The SMILES string of the molecule is CC[C@H](C)[C@H](NP(=O)(OCCOCn1cnc2c(=O)[nH]c(/N=C/N(C)C)nc21)Oc1ccccc1)C(=O)OCc1ccccc1. The average Bonchev–Trinajstić information content (AvgIpc) is 3.45. The maximum Gasteiger partial charge on any atom is 0.459 e. The van der Waals surface area contributed by atoms with E-state index in [-0.39, 0.29) is 49.6 Å². The van der Waals surface area contributed by atoms with Crippen molar-refractivity contribution in [3.63, 3.8) is 0 Å². The van der Waals surface area contributed by atoms with Crippen molar-refractivity contribution in [2.45, 2.75) is 39.6 Å². The number of H-pyrrole nitrogens is 1. The largest absolute Gasteiger partial charge is 0.460 e. The lowest BCUT2D eigenvalue weighted by molar-refractivity contribution is -0.148. The van der Waals surface area contributed by atoms with Crippen molar-refractivity contribution in [2.75, 3.05) is 27.3 Å². The molecule has 2 heterocycles. The predicted molar refractivity (Wildman–Crippen MR) is 169 cm³/mol. The normalized spacial score (nSPS) is 14.2. The third kappa shape index (κ3) is 9.82. The van der Waals surface area contributed by atoms with Gasteiger partial charge >= 0.3 is 13.7 Å². The Morgan fingerprint density at radius 1 is 1.13 bits per heavy atom. The molecule has 2 aromatic heterocycles. The summed E-state index contributed by atoms with van der Waals surface area (Å²) < 4.78 is 38.4. The predicted octanol–water partition coefficient (Wildman–Crippen LogP) is 4.27. The molecule has 45 heavy (non-hydrogen) atoms. The van der Waals surface area contributed by atoms with Gasteiger partial charge in [0.25, 0.3) is 5.56 Å². The smallest absolute Gasteiger partial charge is 0.459 e. The van der Waals surface area contributed by atoms with Crippen LogP contribution in [0.4, 0.5) is 5.95 Å². The van der Waals surface area contributed by atoms with Crippen LogP contribution >= 0.6 is 7.75 Å². The van der Waals surface area contributed by atoms with E-state index in [4.69, 9.17) is 18.5 Å². The summed E-state index contributed by atoms with van der Waals surface area (Å²) in [6.07, 6.45) is 3.54. The number of aromatic nitrogens is 4. The number of carbonyl (C=O) groups excluding carboxylic acids is 1. The summed E-state index contributed by atoms with van der Waals surface area (Å²) in [6, 6.07) is 16.8. The molecule has 0 aliphatic heterocycles. The maximum atomic E-state index is 14.0. The van der Waals surface area contributed by atoms with Gasteiger partial charge in [0.15, 0.2) is 11.2 Å². The topological polar surface area (TPSA) is 162 Å². The molecule has 0 aliphatic rings. The average molecular weight is 640 g/mol. The molecular weight excluding hydrogens is 601 g/mol. The molecule has 3 atom stereocenters. The molecule has 0 saturated carbocycles. The lowest BCUT2D eigenvalue weighted by atomic mass is 10.0. The second kappa shape index (κ2) is 16.1. The van der Waals surface area contributed by atoms with E-state index in [1.165, 1.54) is 12.7 Å². The maximum absolute atomic E-state index is 14.0. The van der Waals surface area contributed by atoms with Crippen molar-refractivity contribution >= 4 is 37.2 Å². The quantitative estimate of drug-likeness (QED) is 0.0558. The number of benzene rings is 2. The highest BCUT2D eigenvalue weighted by Gasteiger charge is 2.37. The van der Waals surface area contributed by atoms with Crippen LogP contribution in [-0.2, 0) is 36.7 Å². The van der Waals surface area contributed by atoms with Crippen LogP contribution in [-0.4, -0.2) is 70.1 Å². The number of nitrogens with one attached hydrogen (secondary N) is 2. The molecule has 0 spiro atoms. The molecule has 0 fully saturated rings. The van der Waals surface area contributed by atoms with Gasteiger partial charge in [-0.25, -0.2) is 14.5 Å². The summed E-state index contributed by atoms with van der Waals surface area (Å²) >= 11 is 0. The van der Waals surface area contributed by atoms with Gasteiger partial charge in [0.05, 0.1) is 25.9 Å². The Bertz CT molecular complexity index is 1660. The zero-order valence-corrected chi connectivity index (χ0v) is 26.6. The summed E-state index contributed by atoms with van der Waals surface area (Å²) in [7, 11) is -0.523. The van der Waals surface area contributed by atoms with Crippen LogP contribution in [0.1, 0.15) is 25.8 Å². The molecule has 14 nitrogen and oxygen atoms in total. The number of hydrogen-bond donors (Lipinski definition) is 2. The monoisotopic (exact) mass is 639 g/mol. The zero-order chi connectivity index (χ0) is 32.2. The van der Waals surface area contributed by atoms with Crippen LogP contribution in [0.15, 0.2) is 76.8 Å². The summed E-state index contributed by atoms with van der Waals surface area (Å²) in [5.74, 6) is -0.412. The van der Waals surface area contributed by atoms with Crippen LogP contribution in [0.2, 0.25) is 0 Å². The van der Waals surface area contributed by atoms with Crippen molar-refractivity contribution in [1.29, 1.82) is 0 Å². The Balaban J connectivity index is 1.42. The minimum absolute atomic E-state index is 0.00915. The summed E-state index contributed by atoms with van der Waals surface area (Å²) in [5.41, 5.74) is 0.819. The number of imidazole rings is 1. The fourth-order valence-electron chi connectivity index (χ4n) is 3.99. The third-order valence-electron chi connectivity index (χ3n) is 6.55. The lowest BCUT2D eigenvalue weighted by Gasteiger charge is -2.27. The Morgan fingerprint density at radius 2 is 1.84 bits per heavy atom. The van der Waals surface area contributed by atoms with Crippen molar-refractivity contribution < 1.29 is 27.9 Å².